The Balaban J connectivity index is 1.87. The van der Waals surface area contributed by atoms with Crippen molar-refractivity contribution in [2.45, 2.75) is 23.9 Å². The number of carbonyl (C=O) groups is 2. The standard InChI is InChI=1S/C25H24Cl2N2O2S/c1-28-25(31)23(15-18-7-3-2-4-8-18)29(16-19-9-5-6-10-22(19)27)24(30)17-32-21-13-11-20(26)12-14-21/h2-14,23H,15-17H2,1H3,(H,28,31). The summed E-state index contributed by atoms with van der Waals surface area (Å²) in [5, 5.41) is 3.92. The third-order valence-corrected chi connectivity index (χ3v) is 6.61. The molecule has 2 amide bonds. The van der Waals surface area contributed by atoms with E-state index in [1.54, 1.807) is 30.1 Å². The topological polar surface area (TPSA) is 49.4 Å². The highest BCUT2D eigenvalue weighted by atomic mass is 35.5. The molecule has 3 aromatic rings. The SMILES string of the molecule is CNC(=O)C(Cc1ccccc1)N(Cc1ccccc1Cl)C(=O)CSc1ccc(Cl)cc1. The summed E-state index contributed by atoms with van der Waals surface area (Å²) in [5.41, 5.74) is 1.77. The Morgan fingerprint density at radius 2 is 1.59 bits per heavy atom. The van der Waals surface area contributed by atoms with Gasteiger partial charge in [-0.3, -0.25) is 9.59 Å². The lowest BCUT2D eigenvalue weighted by molar-refractivity contribution is -0.139. The van der Waals surface area contributed by atoms with E-state index in [4.69, 9.17) is 23.2 Å². The Hall–Kier alpha value is -2.47. The molecule has 32 heavy (non-hydrogen) atoms. The predicted octanol–water partition coefficient (Wildman–Crippen LogP) is 5.47. The Kier molecular flexibility index (Phi) is 9.03. The molecular formula is C25H24Cl2N2O2S. The van der Waals surface area contributed by atoms with Crippen LogP contribution >= 0.6 is 35.0 Å². The van der Waals surface area contributed by atoms with Crippen LogP contribution in [0.1, 0.15) is 11.1 Å². The molecule has 0 aliphatic carbocycles. The zero-order valence-corrected chi connectivity index (χ0v) is 20.0. The second kappa shape index (κ2) is 12.0. The van der Waals surface area contributed by atoms with Crippen LogP contribution in [0.15, 0.2) is 83.8 Å². The third kappa shape index (κ3) is 6.76. The average molecular weight is 487 g/mol. The second-order valence-corrected chi connectivity index (χ2v) is 9.07. The van der Waals surface area contributed by atoms with Crippen LogP contribution in [-0.4, -0.2) is 35.6 Å². The molecule has 7 heteroatoms. The highest BCUT2D eigenvalue weighted by Crippen LogP contribution is 2.24. The van der Waals surface area contributed by atoms with Gasteiger partial charge >= 0.3 is 0 Å². The quantitative estimate of drug-likeness (QED) is 0.407. The lowest BCUT2D eigenvalue weighted by Gasteiger charge is -2.31. The minimum Gasteiger partial charge on any atom is -0.357 e. The molecule has 0 heterocycles. The number of amides is 2. The summed E-state index contributed by atoms with van der Waals surface area (Å²) >= 11 is 13.7. The number of thioether (sulfide) groups is 1. The van der Waals surface area contributed by atoms with Crippen molar-refractivity contribution in [3.63, 3.8) is 0 Å². The molecular weight excluding hydrogens is 463 g/mol. The first-order valence-electron chi connectivity index (χ1n) is 10.1. The third-order valence-electron chi connectivity index (χ3n) is 4.99. The van der Waals surface area contributed by atoms with Crippen molar-refractivity contribution < 1.29 is 9.59 Å². The fourth-order valence-corrected chi connectivity index (χ4v) is 4.40. The number of halogens is 2. The Bertz CT molecular complexity index is 1050. The number of benzene rings is 3. The van der Waals surface area contributed by atoms with Gasteiger partial charge in [-0.2, -0.15) is 0 Å². The van der Waals surface area contributed by atoms with E-state index >= 15 is 0 Å². The molecule has 1 atom stereocenters. The summed E-state index contributed by atoms with van der Waals surface area (Å²) in [5.74, 6) is -0.172. The minimum atomic E-state index is -0.669. The molecule has 166 valence electrons. The number of hydrogen-bond donors (Lipinski definition) is 1. The summed E-state index contributed by atoms with van der Waals surface area (Å²) in [4.78, 5) is 28.8. The van der Waals surface area contributed by atoms with Gasteiger partial charge in [-0.15, -0.1) is 11.8 Å². The molecule has 0 fully saturated rings. The molecule has 4 nitrogen and oxygen atoms in total. The zero-order chi connectivity index (χ0) is 22.9. The van der Waals surface area contributed by atoms with E-state index in [1.807, 2.05) is 60.7 Å². The van der Waals surface area contributed by atoms with Crippen molar-refractivity contribution in [2.24, 2.45) is 0 Å². The van der Waals surface area contributed by atoms with Crippen LogP contribution in [-0.2, 0) is 22.6 Å². The molecule has 0 aliphatic rings. The molecule has 3 aromatic carbocycles. The molecule has 0 saturated heterocycles. The molecule has 0 radical (unpaired) electrons. The van der Waals surface area contributed by atoms with Gasteiger partial charge in [-0.25, -0.2) is 0 Å². The first kappa shape index (κ1) is 24.2. The summed E-state index contributed by atoms with van der Waals surface area (Å²) in [6.45, 7) is 0.241. The number of nitrogens with zero attached hydrogens (tertiary/aromatic N) is 1. The largest absolute Gasteiger partial charge is 0.357 e. The Morgan fingerprint density at radius 1 is 0.938 bits per heavy atom. The second-order valence-electron chi connectivity index (χ2n) is 7.18. The molecule has 0 aromatic heterocycles. The van der Waals surface area contributed by atoms with Gasteiger partial charge < -0.3 is 10.2 Å². The van der Waals surface area contributed by atoms with Gasteiger partial charge in [0.2, 0.25) is 11.8 Å². The van der Waals surface area contributed by atoms with Gasteiger partial charge in [0.1, 0.15) is 6.04 Å². The smallest absolute Gasteiger partial charge is 0.242 e. The first-order chi connectivity index (χ1) is 15.5. The van der Waals surface area contributed by atoms with Crippen molar-refractivity contribution in [3.05, 3.63) is 100 Å². The van der Waals surface area contributed by atoms with Crippen LogP contribution in [0.3, 0.4) is 0 Å². The van der Waals surface area contributed by atoms with Crippen molar-refractivity contribution in [3.8, 4) is 0 Å². The molecule has 1 unspecified atom stereocenters. The van der Waals surface area contributed by atoms with Gasteiger partial charge in [0.15, 0.2) is 0 Å². The maximum Gasteiger partial charge on any atom is 0.242 e. The number of nitrogens with one attached hydrogen (secondary N) is 1. The van der Waals surface area contributed by atoms with Crippen LogP contribution in [0, 0.1) is 0 Å². The number of carbonyl (C=O) groups excluding carboxylic acids is 2. The van der Waals surface area contributed by atoms with E-state index < -0.39 is 6.04 Å². The number of likely N-dealkylation sites (N-methyl/N-ethyl adjacent to an activating group) is 1. The van der Waals surface area contributed by atoms with Crippen LogP contribution in [0.4, 0.5) is 0 Å². The van der Waals surface area contributed by atoms with Crippen molar-refractivity contribution in [2.75, 3.05) is 12.8 Å². The minimum absolute atomic E-state index is 0.144. The Labute approximate surface area is 202 Å². The monoisotopic (exact) mass is 486 g/mol. The summed E-state index contributed by atoms with van der Waals surface area (Å²) < 4.78 is 0. The van der Waals surface area contributed by atoms with Crippen molar-refractivity contribution in [1.82, 2.24) is 10.2 Å². The highest BCUT2D eigenvalue weighted by Gasteiger charge is 2.30. The summed E-state index contributed by atoms with van der Waals surface area (Å²) in [6, 6.07) is 23.7. The van der Waals surface area contributed by atoms with E-state index in [1.165, 1.54) is 11.8 Å². The summed E-state index contributed by atoms with van der Waals surface area (Å²) in [7, 11) is 1.58. The van der Waals surface area contributed by atoms with E-state index in [9.17, 15) is 9.59 Å². The molecule has 1 N–H and O–H groups in total. The van der Waals surface area contributed by atoms with Crippen LogP contribution in [0.25, 0.3) is 0 Å². The fraction of sp³-hybridized carbons (Fsp3) is 0.200. The van der Waals surface area contributed by atoms with Gasteiger partial charge in [-0.1, -0.05) is 71.7 Å². The van der Waals surface area contributed by atoms with Gasteiger partial charge in [0, 0.05) is 35.0 Å². The normalized spacial score (nSPS) is 11.6. The molecule has 0 bridgehead atoms. The molecule has 0 spiro atoms. The zero-order valence-electron chi connectivity index (χ0n) is 17.6. The number of hydrogen-bond acceptors (Lipinski definition) is 3. The molecule has 3 rings (SSSR count). The fourth-order valence-electron chi connectivity index (χ4n) is 3.29. The van der Waals surface area contributed by atoms with Crippen LogP contribution < -0.4 is 5.32 Å². The van der Waals surface area contributed by atoms with Crippen molar-refractivity contribution in [1.29, 1.82) is 0 Å². The van der Waals surface area contributed by atoms with Crippen molar-refractivity contribution >= 4 is 46.8 Å². The highest BCUT2D eigenvalue weighted by molar-refractivity contribution is 8.00. The van der Waals surface area contributed by atoms with Crippen LogP contribution in [0.2, 0.25) is 10.0 Å². The average Bonchev–Trinajstić information content (AvgIpc) is 2.82. The first-order valence-corrected chi connectivity index (χ1v) is 11.9. The van der Waals surface area contributed by atoms with Gasteiger partial charge in [0.25, 0.3) is 0 Å². The lowest BCUT2D eigenvalue weighted by atomic mass is 10.0. The van der Waals surface area contributed by atoms with Gasteiger partial charge in [0.05, 0.1) is 5.75 Å². The molecule has 0 aliphatic heterocycles. The summed E-state index contributed by atoms with van der Waals surface area (Å²) in [6.07, 6.45) is 0.405. The van der Waals surface area contributed by atoms with Crippen LogP contribution in [0.5, 0.6) is 0 Å². The van der Waals surface area contributed by atoms with E-state index in [-0.39, 0.29) is 24.1 Å². The lowest BCUT2D eigenvalue weighted by Crippen LogP contribution is -2.50. The number of rotatable bonds is 9. The van der Waals surface area contributed by atoms with E-state index in [2.05, 4.69) is 5.32 Å². The molecule has 0 saturated carbocycles. The van der Waals surface area contributed by atoms with E-state index in [0.29, 0.717) is 16.5 Å². The van der Waals surface area contributed by atoms with Gasteiger partial charge in [-0.05, 0) is 41.5 Å². The maximum atomic E-state index is 13.4. The maximum absolute atomic E-state index is 13.4. The van der Waals surface area contributed by atoms with E-state index in [0.717, 1.165) is 16.0 Å². The predicted molar refractivity (Wildman–Crippen MR) is 132 cm³/mol. The Morgan fingerprint density at radius 3 is 2.25 bits per heavy atom.